The Morgan fingerprint density at radius 1 is 1.35 bits per heavy atom. The lowest BCUT2D eigenvalue weighted by Crippen LogP contribution is -2.53. The molecule has 3 aliphatic rings. The van der Waals surface area contributed by atoms with Crippen molar-refractivity contribution in [1.29, 1.82) is 0 Å². The molecule has 1 atom stereocenters. The van der Waals surface area contributed by atoms with Crippen LogP contribution in [0.3, 0.4) is 0 Å². The Labute approximate surface area is 101 Å². The lowest BCUT2D eigenvalue weighted by molar-refractivity contribution is 0.0973. The van der Waals surface area contributed by atoms with E-state index in [1.807, 2.05) is 6.07 Å². The molecule has 0 amide bonds. The summed E-state index contributed by atoms with van der Waals surface area (Å²) in [5, 5.41) is 3.51. The molecule has 5 nitrogen and oxygen atoms in total. The molecule has 3 aliphatic heterocycles. The highest BCUT2D eigenvalue weighted by Crippen LogP contribution is 2.29. The molecule has 0 spiro atoms. The standard InChI is InChI=1S/C12H18N4O/c1-17-12-6-11(13-8-14-12)15-10-7-16-4-2-9(10)3-5-16/h6,8-10H,2-5,7H2,1H3,(H,13,14,15). The minimum absolute atomic E-state index is 0.525. The summed E-state index contributed by atoms with van der Waals surface area (Å²) in [4.78, 5) is 10.8. The van der Waals surface area contributed by atoms with Gasteiger partial charge >= 0.3 is 0 Å². The number of hydrogen-bond acceptors (Lipinski definition) is 5. The second-order valence-corrected chi connectivity index (χ2v) is 4.83. The van der Waals surface area contributed by atoms with Gasteiger partial charge in [0, 0.05) is 18.7 Å². The van der Waals surface area contributed by atoms with Gasteiger partial charge in [-0.2, -0.15) is 0 Å². The first-order valence-electron chi connectivity index (χ1n) is 6.20. The lowest BCUT2D eigenvalue weighted by Gasteiger charge is -2.45. The van der Waals surface area contributed by atoms with E-state index in [0.29, 0.717) is 11.9 Å². The van der Waals surface area contributed by atoms with Crippen LogP contribution in [-0.2, 0) is 0 Å². The van der Waals surface area contributed by atoms with Crippen LogP contribution in [-0.4, -0.2) is 47.7 Å². The summed E-state index contributed by atoms with van der Waals surface area (Å²) < 4.78 is 5.10. The number of aromatic nitrogens is 2. The molecule has 3 fully saturated rings. The van der Waals surface area contributed by atoms with Gasteiger partial charge in [-0.3, -0.25) is 0 Å². The van der Waals surface area contributed by atoms with E-state index in [4.69, 9.17) is 4.74 Å². The molecule has 0 saturated carbocycles. The fourth-order valence-electron chi connectivity index (χ4n) is 2.85. The van der Waals surface area contributed by atoms with Crippen LogP contribution in [0.5, 0.6) is 5.88 Å². The molecule has 3 saturated heterocycles. The number of hydrogen-bond donors (Lipinski definition) is 1. The van der Waals surface area contributed by atoms with Crippen LogP contribution in [0.4, 0.5) is 5.82 Å². The number of nitrogens with one attached hydrogen (secondary N) is 1. The van der Waals surface area contributed by atoms with Crippen molar-refractivity contribution >= 4 is 5.82 Å². The summed E-state index contributed by atoms with van der Waals surface area (Å²) in [6.45, 7) is 3.66. The Balaban J connectivity index is 1.70. The Morgan fingerprint density at radius 3 is 2.82 bits per heavy atom. The molecule has 4 rings (SSSR count). The molecule has 0 radical (unpaired) electrons. The van der Waals surface area contributed by atoms with Gasteiger partial charge in [0.25, 0.3) is 0 Å². The van der Waals surface area contributed by atoms with E-state index < -0.39 is 0 Å². The van der Waals surface area contributed by atoms with Crippen LogP contribution >= 0.6 is 0 Å². The van der Waals surface area contributed by atoms with Crippen molar-refractivity contribution in [2.24, 2.45) is 5.92 Å². The van der Waals surface area contributed by atoms with Gasteiger partial charge in [0.15, 0.2) is 0 Å². The molecule has 92 valence electrons. The van der Waals surface area contributed by atoms with E-state index in [2.05, 4.69) is 20.2 Å². The fraction of sp³-hybridized carbons (Fsp3) is 0.667. The van der Waals surface area contributed by atoms with Crippen LogP contribution in [0, 0.1) is 5.92 Å². The van der Waals surface area contributed by atoms with Gasteiger partial charge in [0.05, 0.1) is 7.11 Å². The van der Waals surface area contributed by atoms with Crippen molar-refractivity contribution in [2.75, 3.05) is 32.1 Å². The second kappa shape index (κ2) is 4.49. The quantitative estimate of drug-likeness (QED) is 0.845. The maximum Gasteiger partial charge on any atom is 0.218 e. The average molecular weight is 234 g/mol. The Kier molecular flexibility index (Phi) is 2.84. The number of rotatable bonds is 3. The smallest absolute Gasteiger partial charge is 0.218 e. The van der Waals surface area contributed by atoms with Crippen molar-refractivity contribution in [1.82, 2.24) is 14.9 Å². The number of piperidine rings is 3. The van der Waals surface area contributed by atoms with Gasteiger partial charge in [-0.1, -0.05) is 0 Å². The SMILES string of the molecule is COc1cc(NC2CN3CCC2CC3)ncn1. The van der Waals surface area contributed by atoms with Crippen LogP contribution in [0.2, 0.25) is 0 Å². The number of anilines is 1. The van der Waals surface area contributed by atoms with Gasteiger partial charge in [-0.25, -0.2) is 9.97 Å². The minimum atomic E-state index is 0.525. The molecular weight excluding hydrogens is 216 g/mol. The first-order chi connectivity index (χ1) is 8.35. The number of nitrogens with zero attached hydrogens (tertiary/aromatic N) is 3. The third kappa shape index (κ3) is 2.20. The van der Waals surface area contributed by atoms with Crippen molar-refractivity contribution in [3.8, 4) is 5.88 Å². The molecule has 1 N–H and O–H groups in total. The van der Waals surface area contributed by atoms with Crippen LogP contribution in [0.25, 0.3) is 0 Å². The molecule has 1 aromatic rings. The summed E-state index contributed by atoms with van der Waals surface area (Å²) in [5.41, 5.74) is 0. The normalized spacial score (nSPS) is 31.2. The molecule has 4 heterocycles. The van der Waals surface area contributed by atoms with Crippen molar-refractivity contribution < 1.29 is 4.74 Å². The summed E-state index contributed by atoms with van der Waals surface area (Å²) in [6.07, 6.45) is 4.16. The Hall–Kier alpha value is -1.36. The highest BCUT2D eigenvalue weighted by Gasteiger charge is 2.34. The van der Waals surface area contributed by atoms with Gasteiger partial charge in [-0.05, 0) is 31.8 Å². The minimum Gasteiger partial charge on any atom is -0.481 e. The molecule has 1 unspecified atom stereocenters. The van der Waals surface area contributed by atoms with Gasteiger partial charge in [0.1, 0.15) is 12.1 Å². The Morgan fingerprint density at radius 2 is 2.18 bits per heavy atom. The second-order valence-electron chi connectivity index (χ2n) is 4.83. The predicted octanol–water partition coefficient (Wildman–Crippen LogP) is 0.991. The maximum atomic E-state index is 5.10. The molecule has 2 bridgehead atoms. The van der Waals surface area contributed by atoms with Crippen molar-refractivity contribution in [3.63, 3.8) is 0 Å². The van der Waals surface area contributed by atoms with E-state index in [9.17, 15) is 0 Å². The van der Waals surface area contributed by atoms with E-state index in [-0.39, 0.29) is 0 Å². The molecular formula is C12H18N4O. The molecule has 0 aliphatic carbocycles. The summed E-state index contributed by atoms with van der Waals surface area (Å²) in [6, 6.07) is 2.38. The van der Waals surface area contributed by atoms with Gasteiger partial charge in [-0.15, -0.1) is 0 Å². The number of methoxy groups -OCH3 is 1. The molecule has 17 heavy (non-hydrogen) atoms. The third-order valence-electron chi connectivity index (χ3n) is 3.84. The number of fused-ring (bicyclic) bond motifs is 3. The lowest BCUT2D eigenvalue weighted by atomic mass is 9.84. The highest BCUT2D eigenvalue weighted by atomic mass is 16.5. The molecule has 1 aromatic heterocycles. The highest BCUT2D eigenvalue weighted by molar-refractivity contribution is 5.38. The summed E-state index contributed by atoms with van der Waals surface area (Å²) in [7, 11) is 1.63. The summed E-state index contributed by atoms with van der Waals surface area (Å²) in [5.74, 6) is 2.28. The largest absolute Gasteiger partial charge is 0.481 e. The zero-order valence-electron chi connectivity index (χ0n) is 10.1. The Bertz CT molecular complexity index is 390. The van der Waals surface area contributed by atoms with E-state index >= 15 is 0 Å². The number of ether oxygens (including phenoxy) is 1. The maximum absolute atomic E-state index is 5.10. The monoisotopic (exact) mass is 234 g/mol. The predicted molar refractivity (Wildman–Crippen MR) is 65.2 cm³/mol. The third-order valence-corrected chi connectivity index (χ3v) is 3.84. The first kappa shape index (κ1) is 10.8. The zero-order valence-corrected chi connectivity index (χ0v) is 10.1. The molecule has 5 heteroatoms. The van der Waals surface area contributed by atoms with Crippen molar-refractivity contribution in [2.45, 2.75) is 18.9 Å². The van der Waals surface area contributed by atoms with E-state index in [0.717, 1.165) is 18.3 Å². The first-order valence-corrected chi connectivity index (χ1v) is 6.20. The topological polar surface area (TPSA) is 50.3 Å². The van der Waals surface area contributed by atoms with Crippen molar-refractivity contribution in [3.05, 3.63) is 12.4 Å². The van der Waals surface area contributed by atoms with Crippen LogP contribution < -0.4 is 10.1 Å². The zero-order chi connectivity index (χ0) is 11.7. The molecule has 0 aromatic carbocycles. The van der Waals surface area contributed by atoms with Gasteiger partial charge in [0.2, 0.25) is 5.88 Å². The van der Waals surface area contributed by atoms with Crippen LogP contribution in [0.1, 0.15) is 12.8 Å². The van der Waals surface area contributed by atoms with E-state index in [1.54, 1.807) is 13.4 Å². The van der Waals surface area contributed by atoms with E-state index in [1.165, 1.54) is 25.9 Å². The van der Waals surface area contributed by atoms with Gasteiger partial charge < -0.3 is 15.0 Å². The fourth-order valence-corrected chi connectivity index (χ4v) is 2.85. The average Bonchev–Trinajstić information content (AvgIpc) is 2.40. The summed E-state index contributed by atoms with van der Waals surface area (Å²) >= 11 is 0. The van der Waals surface area contributed by atoms with Crippen LogP contribution in [0.15, 0.2) is 12.4 Å².